The molecule has 0 aromatic heterocycles. The van der Waals surface area contributed by atoms with E-state index in [0.717, 1.165) is 34.6 Å². The predicted molar refractivity (Wildman–Crippen MR) is 245 cm³/mol. The maximum absolute atomic E-state index is 3.69. The van der Waals surface area contributed by atoms with Crippen molar-refractivity contribution in [3.05, 3.63) is 222 Å². The molecule has 4 aliphatic rings. The monoisotopic (exact) mass is 749 g/mol. The van der Waals surface area contributed by atoms with Crippen molar-refractivity contribution in [2.45, 2.75) is 25.7 Å². The molecule has 0 amide bonds. The second kappa shape index (κ2) is 12.8. The van der Waals surface area contributed by atoms with E-state index in [9.17, 15) is 0 Å². The van der Waals surface area contributed by atoms with Gasteiger partial charge in [0.25, 0.3) is 0 Å². The molecule has 59 heavy (non-hydrogen) atoms. The quantitative estimate of drug-likeness (QED) is 0.169. The number of hydrogen-bond acceptors (Lipinski definition) is 1. The number of fused-ring (bicyclic) bond motifs is 3. The first kappa shape index (κ1) is 33.7. The summed E-state index contributed by atoms with van der Waals surface area (Å²) < 4.78 is 0. The van der Waals surface area contributed by atoms with Crippen molar-refractivity contribution in [3.8, 4) is 77.9 Å². The molecular weight excluding hydrogens is 711 g/mol. The van der Waals surface area contributed by atoms with Crippen LogP contribution in [-0.4, -0.2) is 0 Å². The number of rotatable bonds is 5. The van der Waals surface area contributed by atoms with Crippen LogP contribution in [-0.2, 0) is 11.8 Å². The van der Waals surface area contributed by atoms with Crippen LogP contribution in [0.5, 0.6) is 0 Å². The molecule has 6 bridgehead atoms. The Morgan fingerprint density at radius 2 is 1.00 bits per heavy atom. The van der Waals surface area contributed by atoms with Crippen LogP contribution in [0, 0.1) is 12.1 Å². The van der Waals surface area contributed by atoms with E-state index in [1.54, 1.807) is 0 Å². The predicted octanol–water partition coefficient (Wildman–Crippen LogP) is 15.3. The molecule has 0 fully saturated rings. The van der Waals surface area contributed by atoms with Crippen molar-refractivity contribution in [2.75, 3.05) is 4.90 Å². The lowest BCUT2D eigenvalue weighted by atomic mass is 9.73. The molecule has 276 valence electrons. The first-order valence-electron chi connectivity index (χ1n) is 20.6. The summed E-state index contributed by atoms with van der Waals surface area (Å²) in [6.07, 6.45) is 0.909. The van der Waals surface area contributed by atoms with Gasteiger partial charge in [0.1, 0.15) is 0 Å². The molecule has 0 unspecified atom stereocenters. The van der Waals surface area contributed by atoms with Crippen LogP contribution < -0.4 is 4.90 Å². The van der Waals surface area contributed by atoms with Crippen molar-refractivity contribution < 1.29 is 0 Å². The van der Waals surface area contributed by atoms with Gasteiger partial charge in [-0.15, -0.1) is 0 Å². The van der Waals surface area contributed by atoms with E-state index in [1.807, 2.05) is 0 Å². The summed E-state index contributed by atoms with van der Waals surface area (Å²) in [6, 6.07) is 76.7. The Morgan fingerprint density at radius 1 is 0.407 bits per heavy atom. The molecule has 1 nitrogen and oxygen atoms in total. The van der Waals surface area contributed by atoms with Crippen LogP contribution in [0.4, 0.5) is 17.1 Å². The molecule has 0 atom stereocenters. The SMILES string of the molecule is CC1(C)c2ccccc2-c2c(N(c3c#cc(-c4ccc5c(c4)-c4c6cccc4-c4ccccc4-c4c(cccc4-5)C6)cc3)c3ccc(-c4ccccc4)cc3)cccc21. The molecule has 0 saturated heterocycles. The van der Waals surface area contributed by atoms with Gasteiger partial charge in [-0.2, -0.15) is 0 Å². The van der Waals surface area contributed by atoms with Gasteiger partial charge in [0.05, 0.1) is 11.4 Å². The largest absolute Gasteiger partial charge is 0.303 e. The van der Waals surface area contributed by atoms with Crippen LogP contribution in [0.25, 0.3) is 77.9 Å². The molecule has 0 aliphatic heterocycles. The summed E-state index contributed by atoms with van der Waals surface area (Å²) in [7, 11) is 0. The lowest BCUT2D eigenvalue weighted by Crippen LogP contribution is -2.15. The van der Waals surface area contributed by atoms with Crippen molar-refractivity contribution in [3.63, 3.8) is 0 Å². The van der Waals surface area contributed by atoms with Crippen molar-refractivity contribution in [1.82, 2.24) is 0 Å². The fraction of sp³-hybridized carbons (Fsp3) is 0.0690. The van der Waals surface area contributed by atoms with Crippen LogP contribution >= 0.6 is 0 Å². The molecule has 0 spiro atoms. The van der Waals surface area contributed by atoms with E-state index in [0.29, 0.717) is 0 Å². The highest BCUT2D eigenvalue weighted by molar-refractivity contribution is 6.06. The Morgan fingerprint density at radius 3 is 1.75 bits per heavy atom. The Labute approximate surface area is 346 Å². The third kappa shape index (κ3) is 5.07. The van der Waals surface area contributed by atoms with Crippen LogP contribution in [0.2, 0.25) is 0 Å². The first-order valence-corrected chi connectivity index (χ1v) is 20.6. The highest BCUT2D eigenvalue weighted by atomic mass is 15.1. The summed E-state index contributed by atoms with van der Waals surface area (Å²) in [5.41, 5.74) is 26.1. The Hall–Kier alpha value is -7.40. The Kier molecular flexibility index (Phi) is 7.32. The van der Waals surface area contributed by atoms with Crippen molar-refractivity contribution in [2.24, 2.45) is 0 Å². The molecule has 4 aliphatic carbocycles. The number of hydrogen-bond donors (Lipinski definition) is 0. The maximum atomic E-state index is 3.69. The van der Waals surface area contributed by atoms with Crippen LogP contribution in [0.1, 0.15) is 36.1 Å². The van der Waals surface area contributed by atoms with Crippen molar-refractivity contribution >= 4 is 17.1 Å². The standard InChI is InChI=1S/C58H39N/c1-58(2)52-22-9-8-19-50(52)57-53(58)23-12-24-54(57)59(43-30-25-38(26-31-43)37-13-4-3-5-14-37)44-32-27-39(28-33-44)40-29-34-46-49-21-10-15-41-35-42-16-11-20-48(56(42)51(46)36-40)45-17-6-7-18-47(45)55(41)49/h3-27,29-32,34,36H,35H2,1-2H3. The van der Waals surface area contributed by atoms with Crippen LogP contribution in [0.3, 0.4) is 0 Å². The van der Waals surface area contributed by atoms with E-state index in [-0.39, 0.29) is 5.41 Å². The number of anilines is 3. The zero-order valence-electron chi connectivity index (χ0n) is 33.1. The first-order chi connectivity index (χ1) is 29.0. The summed E-state index contributed by atoms with van der Waals surface area (Å²) >= 11 is 0. The molecule has 0 saturated carbocycles. The summed E-state index contributed by atoms with van der Waals surface area (Å²) in [4.78, 5) is 2.37. The van der Waals surface area contributed by atoms with E-state index < -0.39 is 0 Å². The van der Waals surface area contributed by atoms with Gasteiger partial charge >= 0.3 is 0 Å². The summed E-state index contributed by atoms with van der Waals surface area (Å²) in [6.45, 7) is 4.69. The molecule has 9 aromatic rings. The molecule has 13 rings (SSSR count). The lowest BCUT2D eigenvalue weighted by Gasteiger charge is -2.30. The van der Waals surface area contributed by atoms with Gasteiger partial charge < -0.3 is 4.90 Å². The highest BCUT2D eigenvalue weighted by Crippen LogP contribution is 2.55. The topological polar surface area (TPSA) is 3.24 Å². The van der Waals surface area contributed by atoms with E-state index >= 15 is 0 Å². The molecule has 1 heteroatoms. The minimum absolute atomic E-state index is 0.113. The van der Waals surface area contributed by atoms with E-state index in [2.05, 4.69) is 219 Å². The highest BCUT2D eigenvalue weighted by Gasteiger charge is 2.38. The smallest absolute Gasteiger partial charge is 0.0974 e. The average molecular weight is 750 g/mol. The van der Waals surface area contributed by atoms with Gasteiger partial charge in [-0.3, -0.25) is 0 Å². The summed E-state index contributed by atoms with van der Waals surface area (Å²) in [5.74, 6) is 0. The minimum Gasteiger partial charge on any atom is -0.303 e. The molecular formula is C58H39N. The second-order valence-corrected chi connectivity index (χ2v) is 16.7. The molecule has 0 N–H and O–H groups in total. The van der Waals surface area contributed by atoms with Gasteiger partial charge in [-0.25, -0.2) is 0 Å². The van der Waals surface area contributed by atoms with Gasteiger partial charge in [-0.1, -0.05) is 172 Å². The number of nitrogens with zero attached hydrogens (tertiary/aromatic N) is 1. The maximum Gasteiger partial charge on any atom is 0.0974 e. The van der Waals surface area contributed by atoms with E-state index in [4.69, 9.17) is 0 Å². The third-order valence-corrected chi connectivity index (χ3v) is 13.1. The third-order valence-electron chi connectivity index (χ3n) is 13.1. The molecule has 0 radical (unpaired) electrons. The van der Waals surface area contributed by atoms with Crippen LogP contribution in [0.15, 0.2) is 188 Å². The Balaban J connectivity index is 1.01. The zero-order valence-corrected chi connectivity index (χ0v) is 33.1. The second-order valence-electron chi connectivity index (χ2n) is 16.7. The van der Waals surface area contributed by atoms with Gasteiger partial charge in [0.2, 0.25) is 0 Å². The summed E-state index contributed by atoms with van der Waals surface area (Å²) in [5, 5.41) is 0. The van der Waals surface area contributed by atoms with Crippen molar-refractivity contribution in [1.29, 1.82) is 0 Å². The fourth-order valence-corrected chi connectivity index (χ4v) is 10.3. The average Bonchev–Trinajstić information content (AvgIpc) is 3.52. The zero-order chi connectivity index (χ0) is 39.2. The van der Waals surface area contributed by atoms with Gasteiger partial charge in [-0.05, 0) is 138 Å². The van der Waals surface area contributed by atoms with Gasteiger partial charge in [0, 0.05) is 22.2 Å². The minimum atomic E-state index is -0.113. The fourth-order valence-electron chi connectivity index (χ4n) is 10.3. The lowest BCUT2D eigenvalue weighted by molar-refractivity contribution is 0.660. The van der Waals surface area contributed by atoms with E-state index in [1.165, 1.54) is 89.0 Å². The normalized spacial score (nSPS) is 13.2. The molecule has 9 aromatic carbocycles. The number of benzene rings is 8. The van der Waals surface area contributed by atoms with Gasteiger partial charge in [0.15, 0.2) is 0 Å². The molecule has 0 heterocycles. The Bertz CT molecular complexity index is 3130.